The Kier molecular flexibility index (Phi) is 1.57. The van der Waals surface area contributed by atoms with Gasteiger partial charge in [-0.3, -0.25) is 0 Å². The van der Waals surface area contributed by atoms with E-state index in [0.29, 0.717) is 0 Å². The molecule has 11 heavy (non-hydrogen) atoms. The lowest BCUT2D eigenvalue weighted by molar-refractivity contribution is 0.907. The lowest BCUT2D eigenvalue weighted by atomic mass is 10.1. The number of rotatable bonds is 0. The van der Waals surface area contributed by atoms with E-state index in [2.05, 4.69) is 18.0 Å². The summed E-state index contributed by atoms with van der Waals surface area (Å²) >= 11 is 5.09. The van der Waals surface area contributed by atoms with Crippen molar-refractivity contribution in [1.29, 1.82) is 0 Å². The average Bonchev–Trinajstić information content (AvgIpc) is 2.34. The molecule has 0 fully saturated rings. The Hall–Kier alpha value is -0.630. The number of H-pyrrole nitrogens is 1. The maximum Gasteiger partial charge on any atom is 0.103 e. The first-order valence-corrected chi connectivity index (χ1v) is 4.40. The fourth-order valence-electron chi connectivity index (χ4n) is 1.81. The van der Waals surface area contributed by atoms with Gasteiger partial charge in [0, 0.05) is 5.69 Å². The maximum absolute atomic E-state index is 5.09. The van der Waals surface area contributed by atoms with Gasteiger partial charge in [-0.2, -0.15) is 0 Å². The highest BCUT2D eigenvalue weighted by Gasteiger charge is 2.12. The molecule has 2 heteroatoms. The molecule has 1 N–H and O–H groups in total. The minimum absolute atomic E-state index is 0.878. The van der Waals surface area contributed by atoms with E-state index in [9.17, 15) is 0 Å². The summed E-state index contributed by atoms with van der Waals surface area (Å²) in [6, 6.07) is 2.10. The molecule has 0 amide bonds. The molecule has 58 valence electrons. The van der Waals surface area contributed by atoms with E-state index >= 15 is 0 Å². The number of pyridine rings is 1. The Bertz CT molecular complexity index is 338. The molecule has 0 atom stereocenters. The molecule has 1 aliphatic rings. The summed E-state index contributed by atoms with van der Waals surface area (Å²) in [6.07, 6.45) is 3.74. The third-order valence-electron chi connectivity index (χ3n) is 2.33. The molecule has 0 saturated carbocycles. The summed E-state index contributed by atoms with van der Waals surface area (Å²) < 4.78 is 0.878. The maximum atomic E-state index is 5.09. The topological polar surface area (TPSA) is 15.8 Å². The second-order valence-corrected chi connectivity index (χ2v) is 3.56. The van der Waals surface area contributed by atoms with Crippen molar-refractivity contribution in [2.45, 2.75) is 26.2 Å². The SMILES string of the molecule is Cc1[nH]c(=S)cc2c1CCC2. The van der Waals surface area contributed by atoms with Crippen molar-refractivity contribution in [3.05, 3.63) is 27.5 Å². The first kappa shape index (κ1) is 7.04. The molecule has 0 saturated heterocycles. The zero-order valence-corrected chi connectivity index (χ0v) is 7.42. The molecular formula is C9H11NS. The fraction of sp³-hybridized carbons (Fsp3) is 0.444. The Morgan fingerprint density at radius 2 is 2.27 bits per heavy atom. The highest BCUT2D eigenvalue weighted by atomic mass is 32.1. The number of hydrogen-bond donors (Lipinski definition) is 1. The lowest BCUT2D eigenvalue weighted by Gasteiger charge is -2.02. The Morgan fingerprint density at radius 1 is 1.45 bits per heavy atom. The Balaban J connectivity index is 2.70. The minimum Gasteiger partial charge on any atom is -0.350 e. The number of nitrogens with one attached hydrogen (secondary N) is 1. The molecule has 0 radical (unpaired) electrons. The second-order valence-electron chi connectivity index (χ2n) is 3.12. The minimum atomic E-state index is 0.878. The predicted octanol–water partition coefficient (Wildman–Crippen LogP) is 2.54. The molecular weight excluding hydrogens is 154 g/mol. The fourth-order valence-corrected chi connectivity index (χ4v) is 2.10. The summed E-state index contributed by atoms with van der Waals surface area (Å²) in [7, 11) is 0. The van der Waals surface area contributed by atoms with Gasteiger partial charge in [0.2, 0.25) is 0 Å². The average molecular weight is 165 g/mol. The van der Waals surface area contributed by atoms with E-state index in [-0.39, 0.29) is 0 Å². The summed E-state index contributed by atoms with van der Waals surface area (Å²) in [4.78, 5) is 3.19. The van der Waals surface area contributed by atoms with Gasteiger partial charge >= 0.3 is 0 Å². The van der Waals surface area contributed by atoms with Crippen LogP contribution in [0, 0.1) is 11.6 Å². The third kappa shape index (κ3) is 1.11. The van der Waals surface area contributed by atoms with Crippen LogP contribution in [-0.4, -0.2) is 4.98 Å². The van der Waals surface area contributed by atoms with Crippen molar-refractivity contribution >= 4 is 12.2 Å². The van der Waals surface area contributed by atoms with E-state index in [1.165, 1.54) is 36.1 Å². The smallest absolute Gasteiger partial charge is 0.103 e. The van der Waals surface area contributed by atoms with E-state index in [1.807, 2.05) is 0 Å². The van der Waals surface area contributed by atoms with Gasteiger partial charge in [-0.25, -0.2) is 0 Å². The van der Waals surface area contributed by atoms with Crippen LogP contribution in [0.5, 0.6) is 0 Å². The number of hydrogen-bond acceptors (Lipinski definition) is 1. The molecule has 1 heterocycles. The highest BCUT2D eigenvalue weighted by Crippen LogP contribution is 2.23. The second kappa shape index (κ2) is 2.45. The molecule has 0 unspecified atom stereocenters. The van der Waals surface area contributed by atoms with Gasteiger partial charge in [-0.05, 0) is 43.4 Å². The molecule has 0 spiro atoms. The van der Waals surface area contributed by atoms with Crippen molar-refractivity contribution in [2.75, 3.05) is 0 Å². The van der Waals surface area contributed by atoms with Crippen molar-refractivity contribution in [2.24, 2.45) is 0 Å². The number of aromatic amines is 1. The van der Waals surface area contributed by atoms with Crippen molar-refractivity contribution in [3.63, 3.8) is 0 Å². The van der Waals surface area contributed by atoms with Crippen LogP contribution < -0.4 is 0 Å². The number of aryl methyl sites for hydroxylation is 2. The summed E-state index contributed by atoms with van der Waals surface area (Å²) in [6.45, 7) is 2.11. The van der Waals surface area contributed by atoms with Gasteiger partial charge in [0.05, 0.1) is 0 Å². The van der Waals surface area contributed by atoms with Crippen LogP contribution in [0.15, 0.2) is 6.07 Å². The molecule has 0 bridgehead atoms. The van der Waals surface area contributed by atoms with Crippen LogP contribution in [0.1, 0.15) is 23.2 Å². The molecule has 1 nitrogen and oxygen atoms in total. The van der Waals surface area contributed by atoms with Crippen molar-refractivity contribution in [1.82, 2.24) is 4.98 Å². The van der Waals surface area contributed by atoms with Crippen molar-refractivity contribution in [3.8, 4) is 0 Å². The molecule has 0 aliphatic heterocycles. The zero-order valence-electron chi connectivity index (χ0n) is 6.61. The summed E-state index contributed by atoms with van der Waals surface area (Å²) in [5, 5.41) is 0. The van der Waals surface area contributed by atoms with Crippen LogP contribution in [0.4, 0.5) is 0 Å². The number of aromatic nitrogens is 1. The van der Waals surface area contributed by atoms with Gasteiger partial charge in [-0.15, -0.1) is 0 Å². The molecule has 0 aromatic carbocycles. The predicted molar refractivity (Wildman–Crippen MR) is 48.4 cm³/mol. The summed E-state index contributed by atoms with van der Waals surface area (Å²) in [5.74, 6) is 0. The van der Waals surface area contributed by atoms with Gasteiger partial charge < -0.3 is 4.98 Å². The van der Waals surface area contributed by atoms with Crippen LogP contribution in [0.25, 0.3) is 0 Å². The zero-order chi connectivity index (χ0) is 7.84. The number of fused-ring (bicyclic) bond motifs is 1. The van der Waals surface area contributed by atoms with Gasteiger partial charge in [0.1, 0.15) is 4.64 Å². The summed E-state index contributed by atoms with van der Waals surface area (Å²) in [5.41, 5.74) is 4.23. The van der Waals surface area contributed by atoms with Crippen LogP contribution >= 0.6 is 12.2 Å². The van der Waals surface area contributed by atoms with Crippen LogP contribution in [0.3, 0.4) is 0 Å². The first-order valence-electron chi connectivity index (χ1n) is 3.99. The molecule has 2 rings (SSSR count). The third-order valence-corrected chi connectivity index (χ3v) is 2.55. The van der Waals surface area contributed by atoms with Crippen molar-refractivity contribution < 1.29 is 0 Å². The van der Waals surface area contributed by atoms with Gasteiger partial charge in [0.25, 0.3) is 0 Å². The van der Waals surface area contributed by atoms with Crippen LogP contribution in [-0.2, 0) is 12.8 Å². The molecule has 1 aromatic heterocycles. The highest BCUT2D eigenvalue weighted by molar-refractivity contribution is 7.71. The first-order chi connectivity index (χ1) is 5.27. The van der Waals surface area contributed by atoms with E-state index in [1.54, 1.807) is 0 Å². The van der Waals surface area contributed by atoms with Gasteiger partial charge in [0.15, 0.2) is 0 Å². The molecule has 1 aromatic rings. The van der Waals surface area contributed by atoms with Crippen LogP contribution in [0.2, 0.25) is 0 Å². The van der Waals surface area contributed by atoms with E-state index < -0.39 is 0 Å². The Labute approximate surface area is 71.5 Å². The monoisotopic (exact) mass is 165 g/mol. The molecule has 1 aliphatic carbocycles. The normalized spacial score (nSPS) is 15.0. The lowest BCUT2D eigenvalue weighted by Crippen LogP contribution is -1.91. The van der Waals surface area contributed by atoms with E-state index in [0.717, 1.165) is 4.64 Å². The quantitative estimate of drug-likeness (QED) is 0.584. The largest absolute Gasteiger partial charge is 0.350 e. The van der Waals surface area contributed by atoms with E-state index in [4.69, 9.17) is 12.2 Å². The Morgan fingerprint density at radius 3 is 3.09 bits per heavy atom. The van der Waals surface area contributed by atoms with Gasteiger partial charge in [-0.1, -0.05) is 12.2 Å². The standard InChI is InChI=1S/C9H11NS/c1-6-8-4-2-3-7(8)5-9(11)10-6/h5H,2-4H2,1H3,(H,10,11).